The second-order valence-corrected chi connectivity index (χ2v) is 5.10. The standard InChI is InChI=1S/C10H11N3O4S/c14-6-9-1-2-10(17-9)18(15,16)13-5-8-3-4-11-7-12-8/h1-4,7,13-14H,5-6H2. The topological polar surface area (TPSA) is 105 Å². The number of nitrogens with one attached hydrogen (secondary N) is 1. The fraction of sp³-hybridized carbons (Fsp3) is 0.200. The Labute approximate surface area is 104 Å². The number of sulfonamides is 1. The highest BCUT2D eigenvalue weighted by molar-refractivity contribution is 7.89. The predicted octanol–water partition coefficient (Wildman–Crippen LogP) is 0.0404. The van der Waals surface area contributed by atoms with E-state index in [4.69, 9.17) is 9.52 Å². The summed E-state index contributed by atoms with van der Waals surface area (Å²) in [6, 6.07) is 4.29. The molecule has 0 saturated carbocycles. The normalized spacial score (nSPS) is 11.6. The van der Waals surface area contributed by atoms with Crippen LogP contribution in [0.3, 0.4) is 0 Å². The first-order valence-electron chi connectivity index (χ1n) is 5.06. The van der Waals surface area contributed by atoms with Gasteiger partial charge in [-0.1, -0.05) is 0 Å². The van der Waals surface area contributed by atoms with Crippen LogP contribution in [-0.4, -0.2) is 23.5 Å². The first kappa shape index (κ1) is 12.7. The minimum absolute atomic E-state index is 0.0417. The largest absolute Gasteiger partial charge is 0.446 e. The summed E-state index contributed by atoms with van der Waals surface area (Å²) in [5, 5.41) is 8.56. The molecule has 96 valence electrons. The van der Waals surface area contributed by atoms with Crippen LogP contribution in [0.1, 0.15) is 11.5 Å². The van der Waals surface area contributed by atoms with Crippen LogP contribution in [0.25, 0.3) is 0 Å². The van der Waals surface area contributed by atoms with Crippen LogP contribution < -0.4 is 4.72 Å². The van der Waals surface area contributed by atoms with Gasteiger partial charge in [0.25, 0.3) is 10.0 Å². The van der Waals surface area contributed by atoms with Gasteiger partial charge in [-0.05, 0) is 18.2 Å². The van der Waals surface area contributed by atoms with Crippen molar-refractivity contribution in [3.8, 4) is 0 Å². The van der Waals surface area contributed by atoms with Gasteiger partial charge in [-0.3, -0.25) is 0 Å². The Morgan fingerprint density at radius 2 is 2.17 bits per heavy atom. The zero-order chi connectivity index (χ0) is 13.0. The van der Waals surface area contributed by atoms with Crippen molar-refractivity contribution in [2.45, 2.75) is 18.2 Å². The summed E-state index contributed by atoms with van der Waals surface area (Å²) >= 11 is 0. The van der Waals surface area contributed by atoms with E-state index in [9.17, 15) is 8.42 Å². The summed E-state index contributed by atoms with van der Waals surface area (Å²) in [5.74, 6) is 0.192. The van der Waals surface area contributed by atoms with Crippen molar-refractivity contribution < 1.29 is 17.9 Å². The Morgan fingerprint density at radius 3 is 2.78 bits per heavy atom. The quantitative estimate of drug-likeness (QED) is 0.794. The highest BCUT2D eigenvalue weighted by Crippen LogP contribution is 2.13. The SMILES string of the molecule is O=S(=O)(NCc1ccncn1)c1ccc(CO)o1. The fourth-order valence-electron chi connectivity index (χ4n) is 1.25. The molecule has 2 N–H and O–H groups in total. The van der Waals surface area contributed by atoms with E-state index in [-0.39, 0.29) is 24.0 Å². The number of aliphatic hydroxyl groups is 1. The molecule has 18 heavy (non-hydrogen) atoms. The van der Waals surface area contributed by atoms with Crippen molar-refractivity contribution in [2.75, 3.05) is 0 Å². The molecule has 0 amide bonds. The molecule has 0 aliphatic carbocycles. The molecule has 0 saturated heterocycles. The van der Waals surface area contributed by atoms with Gasteiger partial charge in [0.1, 0.15) is 18.7 Å². The molecule has 0 spiro atoms. The molecule has 2 rings (SSSR count). The second kappa shape index (κ2) is 5.25. The molecule has 0 radical (unpaired) electrons. The van der Waals surface area contributed by atoms with Crippen LogP contribution in [0.5, 0.6) is 0 Å². The summed E-state index contributed by atoms with van der Waals surface area (Å²) in [7, 11) is -3.74. The third-order valence-electron chi connectivity index (χ3n) is 2.14. The molecular weight excluding hydrogens is 258 g/mol. The highest BCUT2D eigenvalue weighted by atomic mass is 32.2. The molecule has 0 unspecified atom stereocenters. The van der Waals surface area contributed by atoms with Gasteiger partial charge in [0, 0.05) is 6.20 Å². The summed E-state index contributed by atoms with van der Waals surface area (Å²) in [5.41, 5.74) is 0.544. The zero-order valence-corrected chi connectivity index (χ0v) is 10.1. The van der Waals surface area contributed by atoms with E-state index in [1.54, 1.807) is 6.07 Å². The lowest BCUT2D eigenvalue weighted by molar-refractivity contribution is 0.236. The molecule has 0 aromatic carbocycles. The van der Waals surface area contributed by atoms with Crippen LogP contribution >= 0.6 is 0 Å². The Morgan fingerprint density at radius 1 is 1.33 bits per heavy atom. The van der Waals surface area contributed by atoms with Crippen molar-refractivity contribution in [3.63, 3.8) is 0 Å². The van der Waals surface area contributed by atoms with Gasteiger partial charge in [-0.25, -0.2) is 23.1 Å². The van der Waals surface area contributed by atoms with E-state index in [1.807, 2.05) is 0 Å². The molecule has 2 aromatic heterocycles. The second-order valence-electron chi connectivity index (χ2n) is 3.40. The van der Waals surface area contributed by atoms with Gasteiger partial charge >= 0.3 is 0 Å². The molecule has 2 heterocycles. The number of aromatic nitrogens is 2. The first-order chi connectivity index (χ1) is 8.62. The minimum atomic E-state index is -3.74. The third kappa shape index (κ3) is 2.92. The van der Waals surface area contributed by atoms with E-state index in [0.29, 0.717) is 5.69 Å². The lowest BCUT2D eigenvalue weighted by Crippen LogP contribution is -2.23. The third-order valence-corrected chi connectivity index (χ3v) is 3.42. The van der Waals surface area contributed by atoms with Gasteiger partial charge in [0.2, 0.25) is 5.09 Å². The maximum Gasteiger partial charge on any atom is 0.274 e. The van der Waals surface area contributed by atoms with Crippen LogP contribution in [0.15, 0.2) is 40.2 Å². The van der Waals surface area contributed by atoms with E-state index in [1.165, 1.54) is 24.7 Å². The Balaban J connectivity index is 2.08. The summed E-state index contributed by atoms with van der Waals surface area (Å²) in [6.07, 6.45) is 2.85. The lowest BCUT2D eigenvalue weighted by atomic mass is 10.4. The van der Waals surface area contributed by atoms with Gasteiger partial charge in [0.05, 0.1) is 12.2 Å². The molecule has 0 atom stereocenters. The average Bonchev–Trinajstić information content (AvgIpc) is 2.87. The smallest absolute Gasteiger partial charge is 0.274 e. The number of nitrogens with zero attached hydrogens (tertiary/aromatic N) is 2. The number of hydrogen-bond acceptors (Lipinski definition) is 6. The summed E-state index contributed by atoms with van der Waals surface area (Å²) in [4.78, 5) is 7.62. The van der Waals surface area contributed by atoms with Gasteiger partial charge in [0.15, 0.2) is 0 Å². The maximum absolute atomic E-state index is 11.8. The van der Waals surface area contributed by atoms with Crippen molar-refractivity contribution in [2.24, 2.45) is 0 Å². The Bertz CT molecular complexity index is 609. The van der Waals surface area contributed by atoms with Crippen LogP contribution in [0.4, 0.5) is 0 Å². The van der Waals surface area contributed by atoms with E-state index in [0.717, 1.165) is 0 Å². The minimum Gasteiger partial charge on any atom is -0.446 e. The van der Waals surface area contributed by atoms with Gasteiger partial charge in [-0.15, -0.1) is 0 Å². The summed E-state index contributed by atoms with van der Waals surface area (Å²) < 4.78 is 30.9. The monoisotopic (exact) mass is 269 g/mol. The van der Waals surface area contributed by atoms with Crippen LogP contribution in [0, 0.1) is 0 Å². The summed E-state index contributed by atoms with van der Waals surface area (Å²) in [6.45, 7) is -0.304. The highest BCUT2D eigenvalue weighted by Gasteiger charge is 2.18. The fourth-order valence-corrected chi connectivity index (χ4v) is 2.19. The molecule has 2 aromatic rings. The Hall–Kier alpha value is -1.77. The van der Waals surface area contributed by atoms with Crippen LogP contribution in [-0.2, 0) is 23.2 Å². The molecule has 7 nitrogen and oxygen atoms in total. The molecular formula is C10H11N3O4S. The van der Waals surface area contributed by atoms with E-state index in [2.05, 4.69) is 14.7 Å². The lowest BCUT2D eigenvalue weighted by Gasteiger charge is -2.03. The van der Waals surface area contributed by atoms with E-state index >= 15 is 0 Å². The number of aliphatic hydroxyl groups excluding tert-OH is 1. The van der Waals surface area contributed by atoms with Crippen molar-refractivity contribution in [1.29, 1.82) is 0 Å². The molecule has 0 fully saturated rings. The van der Waals surface area contributed by atoms with Gasteiger partial charge in [-0.2, -0.15) is 0 Å². The molecule has 0 bridgehead atoms. The van der Waals surface area contributed by atoms with Crippen LogP contribution in [0.2, 0.25) is 0 Å². The van der Waals surface area contributed by atoms with Crippen molar-refractivity contribution in [1.82, 2.24) is 14.7 Å². The predicted molar refractivity (Wildman–Crippen MR) is 60.7 cm³/mol. The average molecular weight is 269 g/mol. The van der Waals surface area contributed by atoms with Crippen molar-refractivity contribution >= 4 is 10.0 Å². The number of rotatable bonds is 5. The van der Waals surface area contributed by atoms with E-state index < -0.39 is 10.0 Å². The zero-order valence-electron chi connectivity index (χ0n) is 9.28. The number of hydrogen-bond donors (Lipinski definition) is 2. The molecule has 0 aliphatic rings. The van der Waals surface area contributed by atoms with Crippen molar-refractivity contribution in [3.05, 3.63) is 42.2 Å². The molecule has 0 aliphatic heterocycles. The Kier molecular flexibility index (Phi) is 3.70. The maximum atomic E-state index is 11.8. The molecule has 8 heteroatoms. The first-order valence-corrected chi connectivity index (χ1v) is 6.54. The number of furan rings is 1. The van der Waals surface area contributed by atoms with Gasteiger partial charge < -0.3 is 9.52 Å².